The van der Waals surface area contributed by atoms with E-state index in [2.05, 4.69) is 5.32 Å². The molecule has 0 atom stereocenters. The van der Waals surface area contributed by atoms with Crippen LogP contribution >= 0.6 is 23.2 Å². The molecule has 4 nitrogen and oxygen atoms in total. The van der Waals surface area contributed by atoms with Crippen LogP contribution in [0.1, 0.15) is 11.3 Å². The van der Waals surface area contributed by atoms with Crippen LogP contribution in [-0.4, -0.2) is 15.0 Å². The minimum absolute atomic E-state index is 0.0786. The first-order valence-corrected chi connectivity index (χ1v) is 9.65. The molecule has 0 saturated heterocycles. The number of fused-ring (bicyclic) bond motifs is 3. The van der Waals surface area contributed by atoms with Crippen molar-refractivity contribution in [3.8, 4) is 0 Å². The van der Waals surface area contributed by atoms with Crippen molar-refractivity contribution < 1.29 is 12.8 Å². The number of hydrogen-bond acceptors (Lipinski definition) is 4. The maximum atomic E-state index is 12.9. The molecule has 7 heteroatoms. The molecule has 0 radical (unpaired) electrons. The molecule has 0 aliphatic carbocycles. The van der Waals surface area contributed by atoms with Gasteiger partial charge in [-0.1, -0.05) is 23.2 Å². The third-order valence-corrected chi connectivity index (χ3v) is 6.30. The molecule has 124 valence electrons. The van der Waals surface area contributed by atoms with Crippen LogP contribution in [0.5, 0.6) is 0 Å². The lowest BCUT2D eigenvalue weighted by atomic mass is 10.1. The summed E-state index contributed by atoms with van der Waals surface area (Å²) in [4.78, 5) is 0.275. The molecule has 0 unspecified atom stereocenters. The van der Waals surface area contributed by atoms with Gasteiger partial charge in [-0.25, -0.2) is 8.42 Å². The van der Waals surface area contributed by atoms with E-state index >= 15 is 0 Å². The molecular formula is C17H13Cl2NO3S. The molecule has 0 saturated carbocycles. The highest BCUT2D eigenvalue weighted by Crippen LogP contribution is 2.33. The van der Waals surface area contributed by atoms with Crippen LogP contribution < -0.4 is 5.32 Å². The normalized spacial score (nSPS) is 14.8. The summed E-state index contributed by atoms with van der Waals surface area (Å²) in [5, 5.41) is 4.67. The molecule has 2 heterocycles. The lowest BCUT2D eigenvalue weighted by Gasteiger charge is -2.11. The van der Waals surface area contributed by atoms with Crippen molar-refractivity contribution in [1.82, 2.24) is 5.32 Å². The molecule has 4 rings (SSSR count). The first kappa shape index (κ1) is 16.0. The predicted octanol–water partition coefficient (Wildman–Crippen LogP) is 4.22. The van der Waals surface area contributed by atoms with E-state index in [1.165, 1.54) is 18.2 Å². The number of rotatable bonds is 2. The van der Waals surface area contributed by atoms with Crippen LogP contribution in [0, 0.1) is 0 Å². The van der Waals surface area contributed by atoms with E-state index in [1.807, 2.05) is 0 Å². The van der Waals surface area contributed by atoms with Gasteiger partial charge >= 0.3 is 0 Å². The van der Waals surface area contributed by atoms with Crippen molar-refractivity contribution in [2.24, 2.45) is 0 Å². The number of hydrogen-bond donors (Lipinski definition) is 1. The highest BCUT2D eigenvalue weighted by Gasteiger charge is 2.23. The lowest BCUT2D eigenvalue weighted by Crippen LogP contribution is -2.22. The number of furan rings is 1. The Bertz CT molecular complexity index is 1040. The molecule has 1 aliphatic rings. The first-order chi connectivity index (χ1) is 11.4. The monoisotopic (exact) mass is 381 g/mol. The highest BCUT2D eigenvalue weighted by molar-refractivity contribution is 7.91. The Kier molecular flexibility index (Phi) is 3.84. The van der Waals surface area contributed by atoms with Crippen LogP contribution in [0.4, 0.5) is 0 Å². The summed E-state index contributed by atoms with van der Waals surface area (Å²) in [6.07, 6.45) is 0.802. The second-order valence-electron chi connectivity index (χ2n) is 5.70. The van der Waals surface area contributed by atoms with Gasteiger partial charge in [-0.15, -0.1) is 0 Å². The Hall–Kier alpha value is -1.53. The van der Waals surface area contributed by atoms with Gasteiger partial charge in [0.1, 0.15) is 11.3 Å². The van der Waals surface area contributed by atoms with Crippen LogP contribution in [0.3, 0.4) is 0 Å². The molecular weight excluding hydrogens is 369 g/mol. The molecule has 3 aromatic rings. The number of halogens is 2. The van der Waals surface area contributed by atoms with Crippen LogP contribution in [-0.2, 0) is 22.8 Å². The molecule has 1 N–H and O–H groups in total. The summed E-state index contributed by atoms with van der Waals surface area (Å²) in [6, 6.07) is 9.22. The van der Waals surface area contributed by atoms with Gasteiger partial charge in [-0.05, 0) is 36.4 Å². The predicted molar refractivity (Wildman–Crippen MR) is 93.5 cm³/mol. The number of sulfone groups is 1. The highest BCUT2D eigenvalue weighted by atomic mass is 35.5. The lowest BCUT2D eigenvalue weighted by molar-refractivity contribution is 0.500. The quantitative estimate of drug-likeness (QED) is 0.721. The molecule has 24 heavy (non-hydrogen) atoms. The molecule has 1 aromatic heterocycles. The Morgan fingerprint density at radius 3 is 2.50 bits per heavy atom. The first-order valence-electron chi connectivity index (χ1n) is 7.41. The van der Waals surface area contributed by atoms with Gasteiger partial charge in [0.05, 0.1) is 9.79 Å². The Morgan fingerprint density at radius 1 is 1.00 bits per heavy atom. The summed E-state index contributed by atoms with van der Waals surface area (Å²) in [6.45, 7) is 1.54. The molecule has 0 amide bonds. The molecule has 0 fully saturated rings. The Morgan fingerprint density at radius 2 is 1.75 bits per heavy atom. The SMILES string of the molecule is O=S(=O)(c1cc(Cl)cc(Cl)c1)c1ccc2oc3c(c2c1)CNCC3. The van der Waals surface area contributed by atoms with Crippen molar-refractivity contribution in [3.05, 3.63) is 57.8 Å². The van der Waals surface area contributed by atoms with Gasteiger partial charge in [0.15, 0.2) is 0 Å². The summed E-state index contributed by atoms with van der Waals surface area (Å²) in [5.74, 6) is 0.920. The standard InChI is InChI=1S/C17H13Cl2NO3S/c18-10-5-11(19)7-13(6-10)24(21,22)12-1-2-16-14(8-12)15-9-20-4-3-17(15)23-16/h1-2,5-8,20H,3-4,9H2. The van der Waals surface area contributed by atoms with E-state index in [4.69, 9.17) is 27.6 Å². The van der Waals surface area contributed by atoms with E-state index in [1.54, 1.807) is 18.2 Å². The number of benzene rings is 2. The van der Waals surface area contributed by atoms with Crippen LogP contribution in [0.25, 0.3) is 11.0 Å². The molecule has 0 spiro atoms. The van der Waals surface area contributed by atoms with E-state index in [-0.39, 0.29) is 19.8 Å². The van der Waals surface area contributed by atoms with Gasteiger partial charge in [0, 0.05) is 40.5 Å². The second kappa shape index (κ2) is 5.77. The largest absolute Gasteiger partial charge is 0.461 e. The van der Waals surface area contributed by atoms with E-state index < -0.39 is 9.84 Å². The molecule has 0 bridgehead atoms. The summed E-state index contributed by atoms with van der Waals surface area (Å²) >= 11 is 11.9. The summed E-state index contributed by atoms with van der Waals surface area (Å²) in [7, 11) is -3.71. The minimum Gasteiger partial charge on any atom is -0.461 e. The summed E-state index contributed by atoms with van der Waals surface area (Å²) in [5.41, 5.74) is 1.73. The fraction of sp³-hybridized carbons (Fsp3) is 0.176. The average molecular weight is 382 g/mol. The second-order valence-corrected chi connectivity index (χ2v) is 8.52. The fourth-order valence-corrected chi connectivity index (χ4v) is 4.99. The third kappa shape index (κ3) is 2.62. The zero-order chi connectivity index (χ0) is 16.9. The van der Waals surface area contributed by atoms with Crippen molar-refractivity contribution in [3.63, 3.8) is 0 Å². The Balaban J connectivity index is 1.89. The van der Waals surface area contributed by atoms with Crippen molar-refractivity contribution in [1.29, 1.82) is 0 Å². The summed E-state index contributed by atoms with van der Waals surface area (Å²) < 4.78 is 31.6. The maximum Gasteiger partial charge on any atom is 0.206 e. The van der Waals surface area contributed by atoms with E-state index in [0.29, 0.717) is 12.1 Å². The molecule has 2 aromatic carbocycles. The fourth-order valence-electron chi connectivity index (χ4n) is 2.98. The van der Waals surface area contributed by atoms with Gasteiger partial charge < -0.3 is 9.73 Å². The van der Waals surface area contributed by atoms with Gasteiger partial charge in [0.2, 0.25) is 9.84 Å². The zero-order valence-electron chi connectivity index (χ0n) is 12.5. The van der Waals surface area contributed by atoms with E-state index in [9.17, 15) is 8.42 Å². The zero-order valence-corrected chi connectivity index (χ0v) is 14.8. The Labute approximate surface area is 149 Å². The smallest absolute Gasteiger partial charge is 0.206 e. The van der Waals surface area contributed by atoms with Crippen molar-refractivity contribution in [2.45, 2.75) is 22.8 Å². The van der Waals surface area contributed by atoms with Gasteiger partial charge in [-0.3, -0.25) is 0 Å². The average Bonchev–Trinajstić information content (AvgIpc) is 2.91. The maximum absolute atomic E-state index is 12.9. The number of nitrogens with one attached hydrogen (secondary N) is 1. The van der Waals surface area contributed by atoms with E-state index in [0.717, 1.165) is 29.7 Å². The minimum atomic E-state index is -3.71. The molecule has 1 aliphatic heterocycles. The van der Waals surface area contributed by atoms with Crippen LogP contribution in [0.2, 0.25) is 10.0 Å². The van der Waals surface area contributed by atoms with Gasteiger partial charge in [-0.2, -0.15) is 0 Å². The van der Waals surface area contributed by atoms with Crippen molar-refractivity contribution >= 4 is 44.0 Å². The van der Waals surface area contributed by atoms with Gasteiger partial charge in [0.25, 0.3) is 0 Å². The van der Waals surface area contributed by atoms with Crippen LogP contribution in [0.15, 0.2) is 50.6 Å². The van der Waals surface area contributed by atoms with Crippen molar-refractivity contribution in [2.75, 3.05) is 6.54 Å². The third-order valence-electron chi connectivity index (χ3n) is 4.13. The topological polar surface area (TPSA) is 59.3 Å².